The highest BCUT2D eigenvalue weighted by Crippen LogP contribution is 2.78. The third-order valence-electron chi connectivity index (χ3n) is 10.2. The number of carboxylic acids is 2. The molecule has 26 heavy (non-hydrogen) atoms. The Bertz CT molecular complexity index is 621. The van der Waals surface area contributed by atoms with Crippen LogP contribution < -0.4 is 0 Å². The lowest BCUT2D eigenvalue weighted by Crippen LogP contribution is -2.66. The van der Waals surface area contributed by atoms with Gasteiger partial charge in [-0.15, -0.1) is 0 Å². The zero-order valence-corrected chi connectivity index (χ0v) is 15.5. The minimum atomic E-state index is -0.561. The van der Waals surface area contributed by atoms with Crippen molar-refractivity contribution in [1.82, 2.24) is 0 Å². The molecule has 2 N–H and O–H groups in total. The van der Waals surface area contributed by atoms with Crippen LogP contribution in [0.4, 0.5) is 0 Å². The Morgan fingerprint density at radius 1 is 0.577 bits per heavy atom. The van der Waals surface area contributed by atoms with Crippen LogP contribution in [0.25, 0.3) is 0 Å². The summed E-state index contributed by atoms with van der Waals surface area (Å²) in [5.74, 6) is 1.16. The maximum atomic E-state index is 12.3. The van der Waals surface area contributed by atoms with Gasteiger partial charge in [-0.1, -0.05) is 0 Å². The molecule has 4 heteroatoms. The molecule has 8 saturated carbocycles. The number of rotatable bonds is 3. The topological polar surface area (TPSA) is 74.6 Å². The third-order valence-corrected chi connectivity index (χ3v) is 10.2. The Balaban J connectivity index is 1.46. The smallest absolute Gasteiger partial charge is 0.309 e. The second-order valence-corrected chi connectivity index (χ2v) is 11.7. The van der Waals surface area contributed by atoms with Gasteiger partial charge in [-0.05, 0) is 112 Å². The number of hydrogen-bond donors (Lipinski definition) is 2. The van der Waals surface area contributed by atoms with Gasteiger partial charge in [0.2, 0.25) is 0 Å². The van der Waals surface area contributed by atoms with Crippen molar-refractivity contribution >= 4 is 11.9 Å². The van der Waals surface area contributed by atoms with E-state index in [1.165, 1.54) is 38.5 Å². The number of carbonyl (C=O) groups is 2. The summed E-state index contributed by atoms with van der Waals surface area (Å²) in [6.07, 6.45) is 12.4. The fraction of sp³-hybridized carbons (Fsp3) is 0.909. The first-order chi connectivity index (χ1) is 12.3. The highest BCUT2D eigenvalue weighted by Gasteiger charge is 2.72. The van der Waals surface area contributed by atoms with Gasteiger partial charge in [-0.3, -0.25) is 9.59 Å². The van der Waals surface area contributed by atoms with Crippen LogP contribution in [0.5, 0.6) is 0 Å². The molecular formula is C22H30O4. The quantitative estimate of drug-likeness (QED) is 0.787. The van der Waals surface area contributed by atoms with Gasteiger partial charge in [0.1, 0.15) is 0 Å². The molecule has 2 unspecified atom stereocenters. The van der Waals surface area contributed by atoms with Crippen LogP contribution in [0.2, 0.25) is 0 Å². The maximum absolute atomic E-state index is 12.3. The van der Waals surface area contributed by atoms with Gasteiger partial charge in [0, 0.05) is 0 Å². The van der Waals surface area contributed by atoms with E-state index in [1.807, 2.05) is 0 Å². The minimum Gasteiger partial charge on any atom is -0.481 e. The summed E-state index contributed by atoms with van der Waals surface area (Å²) in [6, 6.07) is 0. The first kappa shape index (κ1) is 15.9. The Hall–Kier alpha value is -1.06. The van der Waals surface area contributed by atoms with Gasteiger partial charge in [0.15, 0.2) is 0 Å². The maximum Gasteiger partial charge on any atom is 0.309 e. The van der Waals surface area contributed by atoms with Crippen molar-refractivity contribution in [3.05, 3.63) is 0 Å². The van der Waals surface area contributed by atoms with Crippen molar-refractivity contribution in [2.45, 2.75) is 77.0 Å². The molecule has 4 nitrogen and oxygen atoms in total. The fourth-order valence-corrected chi connectivity index (χ4v) is 10.3. The van der Waals surface area contributed by atoms with Gasteiger partial charge >= 0.3 is 11.9 Å². The minimum absolute atomic E-state index is 0.119. The van der Waals surface area contributed by atoms with Crippen molar-refractivity contribution in [3.8, 4) is 0 Å². The van der Waals surface area contributed by atoms with Crippen LogP contribution in [0.15, 0.2) is 0 Å². The van der Waals surface area contributed by atoms with E-state index < -0.39 is 22.8 Å². The zero-order chi connectivity index (χ0) is 17.9. The molecule has 8 bridgehead atoms. The van der Waals surface area contributed by atoms with E-state index in [0.717, 1.165) is 38.5 Å². The third kappa shape index (κ3) is 1.73. The molecule has 0 aromatic heterocycles. The molecule has 8 aliphatic rings. The van der Waals surface area contributed by atoms with E-state index in [1.54, 1.807) is 0 Å². The molecule has 8 rings (SSSR count). The van der Waals surface area contributed by atoms with E-state index in [-0.39, 0.29) is 10.8 Å². The Morgan fingerprint density at radius 2 is 0.885 bits per heavy atom. The highest BCUT2D eigenvalue weighted by atomic mass is 16.4. The molecule has 0 spiro atoms. The van der Waals surface area contributed by atoms with Gasteiger partial charge < -0.3 is 10.2 Å². The molecule has 0 heterocycles. The Labute approximate surface area is 154 Å². The summed E-state index contributed by atoms with van der Waals surface area (Å²) in [5.41, 5.74) is -0.754. The molecule has 8 aliphatic carbocycles. The molecule has 0 aromatic rings. The molecule has 0 amide bonds. The largest absolute Gasteiger partial charge is 0.481 e. The van der Waals surface area contributed by atoms with Crippen LogP contribution in [0, 0.1) is 45.3 Å². The van der Waals surface area contributed by atoms with Crippen LogP contribution in [-0.4, -0.2) is 22.2 Å². The standard InChI is InChI=1S/C22H30O4/c23-17(24)19-3-13-1-14(4-19)8-21(7-13,11-19)22-9-15-2-16(10-22)6-20(5-15,12-22)18(25)26/h13-16H,1-12H2,(H,23,24)(H,25,26)/t13-,14-,15-,16+,19?,20?,21?,22?/m0/s1. The van der Waals surface area contributed by atoms with Crippen LogP contribution in [-0.2, 0) is 9.59 Å². The first-order valence-electron chi connectivity index (χ1n) is 10.7. The molecule has 6 atom stereocenters. The average molecular weight is 358 g/mol. The van der Waals surface area contributed by atoms with Crippen molar-refractivity contribution in [2.24, 2.45) is 45.3 Å². The zero-order valence-electron chi connectivity index (χ0n) is 15.5. The lowest BCUT2D eigenvalue weighted by Gasteiger charge is -2.72. The summed E-state index contributed by atoms with van der Waals surface area (Å²) < 4.78 is 0. The number of aliphatic carboxylic acids is 2. The monoisotopic (exact) mass is 358 g/mol. The highest BCUT2D eigenvalue weighted by molar-refractivity contribution is 5.76. The van der Waals surface area contributed by atoms with E-state index in [4.69, 9.17) is 0 Å². The van der Waals surface area contributed by atoms with Crippen molar-refractivity contribution < 1.29 is 19.8 Å². The predicted molar refractivity (Wildman–Crippen MR) is 94.4 cm³/mol. The van der Waals surface area contributed by atoms with Crippen molar-refractivity contribution in [1.29, 1.82) is 0 Å². The van der Waals surface area contributed by atoms with Gasteiger partial charge in [-0.2, -0.15) is 0 Å². The molecule has 142 valence electrons. The summed E-state index contributed by atoms with van der Waals surface area (Å²) in [6.45, 7) is 0. The lowest BCUT2D eigenvalue weighted by molar-refractivity contribution is -0.242. The molecule has 0 aliphatic heterocycles. The second-order valence-electron chi connectivity index (χ2n) is 11.7. The van der Waals surface area contributed by atoms with E-state index in [2.05, 4.69) is 0 Å². The average Bonchev–Trinajstić information content (AvgIpc) is 2.52. The molecule has 0 radical (unpaired) electrons. The summed E-state index contributed by atoms with van der Waals surface area (Å²) in [5, 5.41) is 20.2. The molecular weight excluding hydrogens is 328 g/mol. The molecule has 0 saturated heterocycles. The van der Waals surface area contributed by atoms with E-state index >= 15 is 0 Å². The molecule has 0 aromatic carbocycles. The predicted octanol–water partition coefficient (Wildman–Crippen LogP) is 4.33. The SMILES string of the molecule is O=C(O)C12C[C@H]3C[C@@H](C1)CC(C14C[C@H]5C[C@@H](CC(C(=O)O)(C5)C1)C4)(C3)C2. The number of hydrogen-bond acceptors (Lipinski definition) is 2. The summed E-state index contributed by atoms with van der Waals surface area (Å²) in [4.78, 5) is 24.6. The molecule has 8 fully saturated rings. The van der Waals surface area contributed by atoms with E-state index in [0.29, 0.717) is 23.7 Å². The van der Waals surface area contributed by atoms with Gasteiger partial charge in [-0.25, -0.2) is 0 Å². The van der Waals surface area contributed by atoms with Crippen molar-refractivity contribution in [2.75, 3.05) is 0 Å². The normalized spacial score (nSPS) is 58.9. The summed E-state index contributed by atoms with van der Waals surface area (Å²) >= 11 is 0. The second kappa shape index (κ2) is 4.50. The van der Waals surface area contributed by atoms with Crippen LogP contribution in [0.1, 0.15) is 77.0 Å². The fourth-order valence-electron chi connectivity index (χ4n) is 10.3. The van der Waals surface area contributed by atoms with Crippen molar-refractivity contribution in [3.63, 3.8) is 0 Å². The van der Waals surface area contributed by atoms with Crippen LogP contribution in [0.3, 0.4) is 0 Å². The van der Waals surface area contributed by atoms with Gasteiger partial charge in [0.25, 0.3) is 0 Å². The number of carboxylic acid groups (broad SMARTS) is 2. The Kier molecular flexibility index (Phi) is 2.76. The Morgan fingerprint density at radius 3 is 1.15 bits per heavy atom. The van der Waals surface area contributed by atoms with Gasteiger partial charge in [0.05, 0.1) is 10.8 Å². The first-order valence-corrected chi connectivity index (χ1v) is 10.7. The van der Waals surface area contributed by atoms with E-state index in [9.17, 15) is 19.8 Å². The summed E-state index contributed by atoms with van der Waals surface area (Å²) in [7, 11) is 0. The lowest BCUT2D eigenvalue weighted by atomic mass is 9.31. The van der Waals surface area contributed by atoms with Crippen LogP contribution >= 0.6 is 0 Å².